The van der Waals surface area contributed by atoms with Crippen molar-refractivity contribution in [2.75, 3.05) is 16.8 Å². The number of carbonyl (C=O) groups excluding carboxylic acids is 1. The highest BCUT2D eigenvalue weighted by Gasteiger charge is 2.29. The van der Waals surface area contributed by atoms with Gasteiger partial charge in [0, 0.05) is 28.6 Å². The summed E-state index contributed by atoms with van der Waals surface area (Å²) in [5.41, 5.74) is 4.38. The zero-order chi connectivity index (χ0) is 18.4. The lowest BCUT2D eigenvalue weighted by Gasteiger charge is -2.15. The Labute approximate surface area is 160 Å². The second-order valence-corrected chi connectivity index (χ2v) is 8.11. The second kappa shape index (κ2) is 6.65. The van der Waals surface area contributed by atoms with E-state index in [2.05, 4.69) is 5.32 Å². The Morgan fingerprint density at radius 3 is 2.54 bits per heavy atom. The number of nitrogens with one attached hydrogen (secondary N) is 1. The van der Waals surface area contributed by atoms with Gasteiger partial charge in [-0.2, -0.15) is 11.8 Å². The number of carbonyl (C=O) groups is 1. The maximum absolute atomic E-state index is 12.1. The van der Waals surface area contributed by atoms with Crippen molar-refractivity contribution in [3.63, 3.8) is 0 Å². The van der Waals surface area contributed by atoms with Crippen LogP contribution in [0.3, 0.4) is 0 Å². The topological polar surface area (TPSA) is 69.6 Å². The molecule has 2 aliphatic heterocycles. The molecule has 1 saturated heterocycles. The average molecular weight is 388 g/mol. The lowest BCUT2D eigenvalue weighted by atomic mass is 9.93. The van der Waals surface area contributed by atoms with E-state index in [4.69, 9.17) is 11.6 Å². The summed E-state index contributed by atoms with van der Waals surface area (Å²) in [5, 5.41) is 23.2. The van der Waals surface area contributed by atoms with Gasteiger partial charge in [-0.1, -0.05) is 35.9 Å². The Kier molecular flexibility index (Phi) is 4.47. The molecule has 0 aromatic heterocycles. The highest BCUT2D eigenvalue weighted by atomic mass is 35.5. The predicted octanol–water partition coefficient (Wildman–Crippen LogP) is 4.44. The van der Waals surface area contributed by atoms with E-state index in [-0.39, 0.29) is 29.3 Å². The monoisotopic (exact) mass is 387 g/mol. The minimum atomic E-state index is -0.323. The fourth-order valence-electron chi connectivity index (χ4n) is 3.54. The number of halogens is 1. The smallest absolute Gasteiger partial charge is 0.259 e. The molecule has 26 heavy (non-hydrogen) atoms. The van der Waals surface area contributed by atoms with E-state index in [9.17, 15) is 15.0 Å². The zero-order valence-electron chi connectivity index (χ0n) is 14.1. The zero-order valence-corrected chi connectivity index (χ0v) is 15.7. The summed E-state index contributed by atoms with van der Waals surface area (Å²) in [6.07, 6.45) is -0.299. The molecular formula is C20H18ClNO3S. The SMILES string of the molecule is C/C(O)=C1\C(=O)Nc2cc(Cl)c(-c3ccc([C@H]4CSC[C@@H]4O)cc3)cc21. The van der Waals surface area contributed by atoms with Crippen LogP contribution in [0.2, 0.25) is 5.02 Å². The Morgan fingerprint density at radius 1 is 1.19 bits per heavy atom. The molecule has 0 bridgehead atoms. The molecule has 2 aliphatic rings. The molecule has 4 nitrogen and oxygen atoms in total. The summed E-state index contributed by atoms with van der Waals surface area (Å²) in [5.74, 6) is 1.53. The first-order valence-corrected chi connectivity index (χ1v) is 9.90. The first-order chi connectivity index (χ1) is 12.5. The Bertz CT molecular complexity index is 919. The van der Waals surface area contributed by atoms with Crippen LogP contribution in [0.4, 0.5) is 5.69 Å². The van der Waals surface area contributed by atoms with E-state index in [0.717, 1.165) is 28.2 Å². The van der Waals surface area contributed by atoms with Crippen LogP contribution in [0.5, 0.6) is 0 Å². The maximum atomic E-state index is 12.1. The molecule has 0 unspecified atom stereocenters. The molecule has 2 heterocycles. The van der Waals surface area contributed by atoms with E-state index in [1.807, 2.05) is 30.3 Å². The first-order valence-electron chi connectivity index (χ1n) is 8.37. The van der Waals surface area contributed by atoms with Crippen molar-refractivity contribution >= 4 is 40.5 Å². The van der Waals surface area contributed by atoms with Gasteiger partial charge in [0.1, 0.15) is 5.76 Å². The third-order valence-electron chi connectivity index (χ3n) is 4.91. The maximum Gasteiger partial charge on any atom is 0.259 e. The van der Waals surface area contributed by atoms with E-state index in [0.29, 0.717) is 16.3 Å². The Hall–Kier alpha value is -1.95. The highest BCUT2D eigenvalue weighted by Crippen LogP contribution is 2.41. The molecule has 3 N–H and O–H groups in total. The molecule has 0 saturated carbocycles. The summed E-state index contributed by atoms with van der Waals surface area (Å²) >= 11 is 8.20. The van der Waals surface area contributed by atoms with E-state index in [1.165, 1.54) is 6.92 Å². The van der Waals surface area contributed by atoms with Gasteiger partial charge in [0.05, 0.1) is 22.4 Å². The van der Waals surface area contributed by atoms with Crippen molar-refractivity contribution in [3.05, 3.63) is 58.3 Å². The van der Waals surface area contributed by atoms with Gasteiger partial charge in [0.25, 0.3) is 5.91 Å². The van der Waals surface area contributed by atoms with Gasteiger partial charge in [0.2, 0.25) is 0 Å². The minimum absolute atomic E-state index is 0.0161. The third-order valence-corrected chi connectivity index (χ3v) is 6.40. The normalized spacial score (nSPS) is 23.7. The Balaban J connectivity index is 1.73. The van der Waals surface area contributed by atoms with Crippen molar-refractivity contribution in [1.82, 2.24) is 0 Å². The van der Waals surface area contributed by atoms with Crippen LogP contribution in [0.25, 0.3) is 16.7 Å². The molecule has 2 atom stereocenters. The number of amides is 1. The standard InChI is InChI=1S/C20H18ClNO3S/c1-10(23)19-14-6-13(16(21)7-17(14)22-20(19)25)11-2-4-12(5-3-11)15-8-26-9-18(15)24/h2-7,15,18,23-24H,8-9H2,1H3,(H,22,25)/b19-10+/t15-,18+/m1/s1. The van der Waals surface area contributed by atoms with Gasteiger partial charge in [-0.3, -0.25) is 4.79 Å². The number of benzene rings is 2. The van der Waals surface area contributed by atoms with Crippen LogP contribution in [0.15, 0.2) is 42.2 Å². The molecule has 0 spiro atoms. The number of thioether (sulfide) groups is 1. The number of rotatable bonds is 2. The second-order valence-electron chi connectivity index (χ2n) is 6.63. The summed E-state index contributed by atoms with van der Waals surface area (Å²) < 4.78 is 0. The predicted molar refractivity (Wildman–Crippen MR) is 107 cm³/mol. The lowest BCUT2D eigenvalue weighted by molar-refractivity contribution is -0.110. The molecule has 2 aromatic rings. The number of hydrogen-bond donors (Lipinski definition) is 3. The molecular weight excluding hydrogens is 370 g/mol. The van der Waals surface area contributed by atoms with Crippen LogP contribution >= 0.6 is 23.4 Å². The molecule has 134 valence electrons. The molecule has 0 aliphatic carbocycles. The molecule has 1 fully saturated rings. The third kappa shape index (κ3) is 2.90. The molecule has 1 amide bonds. The van der Waals surface area contributed by atoms with Gasteiger partial charge in [-0.25, -0.2) is 0 Å². The van der Waals surface area contributed by atoms with Crippen LogP contribution in [0, 0.1) is 0 Å². The number of allylic oxidation sites excluding steroid dienone is 1. The largest absolute Gasteiger partial charge is 0.512 e. The van der Waals surface area contributed by atoms with Gasteiger partial charge >= 0.3 is 0 Å². The fourth-order valence-corrected chi connectivity index (χ4v) is 5.09. The van der Waals surface area contributed by atoms with Crippen LogP contribution < -0.4 is 5.32 Å². The van der Waals surface area contributed by atoms with Gasteiger partial charge in [-0.05, 0) is 30.2 Å². The number of hydrogen-bond acceptors (Lipinski definition) is 4. The summed E-state index contributed by atoms with van der Waals surface area (Å²) in [6.45, 7) is 1.50. The average Bonchev–Trinajstić information content (AvgIpc) is 3.16. The van der Waals surface area contributed by atoms with E-state index in [1.54, 1.807) is 17.8 Å². The van der Waals surface area contributed by atoms with Crippen molar-refractivity contribution < 1.29 is 15.0 Å². The van der Waals surface area contributed by atoms with Crippen LogP contribution in [-0.4, -0.2) is 33.7 Å². The lowest BCUT2D eigenvalue weighted by Crippen LogP contribution is -2.15. The molecule has 2 aromatic carbocycles. The van der Waals surface area contributed by atoms with E-state index >= 15 is 0 Å². The summed E-state index contributed by atoms with van der Waals surface area (Å²) in [4.78, 5) is 12.1. The van der Waals surface area contributed by atoms with Crippen LogP contribution in [0.1, 0.15) is 24.0 Å². The first kappa shape index (κ1) is 17.5. The number of aliphatic hydroxyl groups excluding tert-OH is 2. The number of anilines is 1. The van der Waals surface area contributed by atoms with E-state index < -0.39 is 0 Å². The minimum Gasteiger partial charge on any atom is -0.512 e. The Morgan fingerprint density at radius 2 is 1.92 bits per heavy atom. The molecule has 0 radical (unpaired) electrons. The van der Waals surface area contributed by atoms with Crippen molar-refractivity contribution in [3.8, 4) is 11.1 Å². The van der Waals surface area contributed by atoms with Gasteiger partial charge < -0.3 is 15.5 Å². The number of aliphatic hydroxyl groups is 2. The van der Waals surface area contributed by atoms with Gasteiger partial charge in [0.15, 0.2) is 0 Å². The highest BCUT2D eigenvalue weighted by molar-refractivity contribution is 7.99. The summed E-state index contributed by atoms with van der Waals surface area (Å²) in [6, 6.07) is 11.6. The van der Waals surface area contributed by atoms with Crippen LogP contribution in [-0.2, 0) is 4.79 Å². The quantitative estimate of drug-likeness (QED) is 0.526. The number of fused-ring (bicyclic) bond motifs is 1. The van der Waals surface area contributed by atoms with Gasteiger partial charge in [-0.15, -0.1) is 0 Å². The van der Waals surface area contributed by atoms with Crippen molar-refractivity contribution in [1.29, 1.82) is 0 Å². The summed E-state index contributed by atoms with van der Waals surface area (Å²) in [7, 11) is 0. The fraction of sp³-hybridized carbons (Fsp3) is 0.250. The molecule has 6 heteroatoms. The van der Waals surface area contributed by atoms with Crippen molar-refractivity contribution in [2.45, 2.75) is 18.9 Å². The van der Waals surface area contributed by atoms with Crippen molar-refractivity contribution in [2.24, 2.45) is 0 Å². The molecule has 4 rings (SSSR count).